The van der Waals surface area contributed by atoms with E-state index in [0.717, 1.165) is 0 Å². The van der Waals surface area contributed by atoms with Crippen LogP contribution in [-0.4, -0.2) is 21.8 Å². The van der Waals surface area contributed by atoms with Gasteiger partial charge in [-0.2, -0.15) is 0 Å². The van der Waals surface area contributed by atoms with Crippen molar-refractivity contribution in [3.63, 3.8) is 0 Å². The Hall–Kier alpha value is -0.156. The zero-order valence-corrected chi connectivity index (χ0v) is 17.5. The molecule has 1 aliphatic heterocycles. The van der Waals surface area contributed by atoms with E-state index in [1.807, 2.05) is 27.7 Å². The second kappa shape index (κ2) is 14.4. The number of hydrogen-bond donors (Lipinski definition) is 3. The van der Waals surface area contributed by atoms with Gasteiger partial charge in [0.25, 0.3) is 0 Å². The normalized spacial score (nSPS) is 18.4. The first-order chi connectivity index (χ1) is 10.2. The third kappa shape index (κ3) is 8.47. The summed E-state index contributed by atoms with van der Waals surface area (Å²) in [6, 6.07) is 4.17. The summed E-state index contributed by atoms with van der Waals surface area (Å²) in [5, 5.41) is 2.86. The maximum absolute atomic E-state index is 11.7. The third-order valence-electron chi connectivity index (χ3n) is 1.94. The van der Waals surface area contributed by atoms with Crippen LogP contribution < -0.4 is 16.2 Å². The summed E-state index contributed by atoms with van der Waals surface area (Å²) < 4.78 is 0. The summed E-state index contributed by atoms with van der Waals surface area (Å²) in [6.07, 6.45) is 6.60. The number of nitrogens with one attached hydrogen (secondary N) is 3. The molecule has 0 saturated carbocycles. The summed E-state index contributed by atoms with van der Waals surface area (Å²) in [5.74, 6) is 2.22. The zero-order valence-electron chi connectivity index (χ0n) is 13.1. The molecule has 2 rings (SSSR count). The van der Waals surface area contributed by atoms with E-state index in [0.29, 0.717) is 10.7 Å². The molecule has 1 radical (unpaired) electrons. The van der Waals surface area contributed by atoms with Gasteiger partial charge in [0.05, 0.1) is 0 Å². The molecule has 1 aliphatic rings. The first kappa shape index (κ1) is 24.1. The number of rotatable bonds is 2. The Labute approximate surface area is 167 Å². The van der Waals surface area contributed by atoms with Crippen molar-refractivity contribution in [2.75, 3.05) is 0 Å². The molecule has 5 nitrogen and oxygen atoms in total. The zero-order chi connectivity index (χ0) is 16.3. The Kier molecular flexibility index (Phi) is 15.8. The minimum absolute atomic E-state index is 0. The molecular formula is C14H20ClN4OSY-. The van der Waals surface area contributed by atoms with Crippen molar-refractivity contribution in [3.05, 3.63) is 29.0 Å². The molecule has 0 aliphatic carbocycles. The monoisotopic (exact) mass is 416 g/mol. The third-order valence-corrected chi connectivity index (χ3v) is 3.18. The minimum Gasteiger partial charge on any atom is -0.367 e. The fourth-order valence-electron chi connectivity index (χ4n) is 1.17. The van der Waals surface area contributed by atoms with E-state index in [9.17, 15) is 4.79 Å². The van der Waals surface area contributed by atoms with Gasteiger partial charge in [0, 0.05) is 37.9 Å². The summed E-state index contributed by atoms with van der Waals surface area (Å²) >= 11 is 6.99. The van der Waals surface area contributed by atoms with Crippen LogP contribution in [0.3, 0.4) is 0 Å². The number of hydrogen-bond acceptors (Lipinski definition) is 5. The molecule has 0 bridgehead atoms. The number of halogens is 1. The van der Waals surface area contributed by atoms with Gasteiger partial charge in [-0.25, -0.2) is 10.9 Å². The topological polar surface area (TPSA) is 66.0 Å². The number of thioether (sulfide) groups is 1. The van der Waals surface area contributed by atoms with Crippen molar-refractivity contribution in [3.8, 4) is 12.3 Å². The van der Waals surface area contributed by atoms with E-state index in [1.165, 1.54) is 24.0 Å². The predicted octanol–water partition coefficient (Wildman–Crippen LogP) is 2.40. The number of terminal acetylenes is 1. The van der Waals surface area contributed by atoms with Gasteiger partial charge in [0.1, 0.15) is 10.9 Å². The summed E-state index contributed by atoms with van der Waals surface area (Å²) in [4.78, 5) is 15.6. The Balaban J connectivity index is 0. The Morgan fingerprint density at radius 3 is 2.55 bits per heavy atom. The average molecular weight is 417 g/mol. The second-order valence-electron chi connectivity index (χ2n) is 3.11. The first-order valence-corrected chi connectivity index (χ1v) is 7.98. The first-order valence-electron chi connectivity index (χ1n) is 6.66. The van der Waals surface area contributed by atoms with E-state index in [-0.39, 0.29) is 49.5 Å². The fraction of sp³-hybridized carbons (Fsp3) is 0.429. The number of carbonyl (C=O) groups is 1. The molecule has 2 atom stereocenters. The Morgan fingerprint density at radius 1 is 1.45 bits per heavy atom. The standard InChI is InChI=1S/C10H8ClN4OS.2C2H6.Y/c1-2-8-14-15-10(17-8)13-9(16)6-3-4-7(11)12-5-6;2*1-2;/h1,4-5,8,10,14-15H,(H,13,16);2*1-2H3;/q-1;;;. The van der Waals surface area contributed by atoms with Crippen LogP contribution in [0.4, 0.5) is 0 Å². The molecule has 1 aromatic heterocycles. The molecule has 1 fully saturated rings. The maximum Gasteiger partial charge on any atom is 0.168 e. The second-order valence-corrected chi connectivity index (χ2v) is 4.71. The van der Waals surface area contributed by atoms with Crippen molar-refractivity contribution in [2.24, 2.45) is 0 Å². The molecule has 1 aromatic rings. The van der Waals surface area contributed by atoms with Crippen LogP contribution in [-0.2, 0) is 32.7 Å². The van der Waals surface area contributed by atoms with Crippen LogP contribution in [0, 0.1) is 18.4 Å². The quantitative estimate of drug-likeness (QED) is 0.392. The maximum atomic E-state index is 11.7. The summed E-state index contributed by atoms with van der Waals surface area (Å²) in [6.45, 7) is 8.00. The minimum atomic E-state index is -0.293. The summed E-state index contributed by atoms with van der Waals surface area (Å²) in [5.41, 5.74) is 5.72. The molecule has 3 N–H and O–H groups in total. The van der Waals surface area contributed by atoms with Crippen molar-refractivity contribution >= 4 is 29.3 Å². The molecule has 8 heteroatoms. The van der Waals surface area contributed by atoms with Crippen LogP contribution in [0.2, 0.25) is 5.15 Å². The average Bonchev–Trinajstić information content (AvgIpc) is 2.99. The molecule has 1 saturated heterocycles. The fourth-order valence-corrected chi connectivity index (χ4v) is 2.07. The van der Waals surface area contributed by atoms with E-state index >= 15 is 0 Å². The van der Waals surface area contributed by atoms with E-state index in [1.54, 1.807) is 0 Å². The molecule has 22 heavy (non-hydrogen) atoms. The molecule has 119 valence electrons. The van der Waals surface area contributed by atoms with Crippen molar-refractivity contribution in [2.45, 2.75) is 38.6 Å². The SMILES string of the molecule is C#CC1NNC(NC(=O)c2[c-]cc(Cl)nc2)S1.CC.CC.[Y]. The number of pyridine rings is 1. The molecule has 2 heterocycles. The molecule has 0 aromatic carbocycles. The largest absolute Gasteiger partial charge is 0.367 e. The predicted molar refractivity (Wildman–Crippen MR) is 88.5 cm³/mol. The van der Waals surface area contributed by atoms with Crippen molar-refractivity contribution in [1.82, 2.24) is 21.2 Å². The van der Waals surface area contributed by atoms with Crippen LogP contribution in [0.25, 0.3) is 0 Å². The van der Waals surface area contributed by atoms with Crippen LogP contribution in [0.1, 0.15) is 38.1 Å². The van der Waals surface area contributed by atoms with E-state index in [4.69, 9.17) is 18.0 Å². The molecule has 2 unspecified atom stereocenters. The van der Waals surface area contributed by atoms with Gasteiger partial charge < -0.3 is 15.1 Å². The van der Waals surface area contributed by atoms with E-state index < -0.39 is 0 Å². The van der Waals surface area contributed by atoms with Crippen LogP contribution >= 0.6 is 23.4 Å². The number of nitrogens with zero attached hydrogens (tertiary/aromatic N) is 1. The van der Waals surface area contributed by atoms with Crippen molar-refractivity contribution in [1.29, 1.82) is 0 Å². The molecule has 1 amide bonds. The number of amides is 1. The van der Waals surface area contributed by atoms with Gasteiger partial charge in [-0.05, 0) is 0 Å². The van der Waals surface area contributed by atoms with Gasteiger partial charge >= 0.3 is 0 Å². The Morgan fingerprint density at radius 2 is 2.09 bits per heavy atom. The smallest absolute Gasteiger partial charge is 0.168 e. The van der Waals surface area contributed by atoms with Crippen molar-refractivity contribution < 1.29 is 37.5 Å². The Bertz CT molecular complexity index is 467. The van der Waals surface area contributed by atoms with Gasteiger partial charge in [-0.1, -0.05) is 57.1 Å². The van der Waals surface area contributed by atoms with Crippen LogP contribution in [0.15, 0.2) is 12.3 Å². The van der Waals surface area contributed by atoms with Crippen LogP contribution in [0.5, 0.6) is 0 Å². The summed E-state index contributed by atoms with van der Waals surface area (Å²) in [7, 11) is 0. The van der Waals surface area contributed by atoms with Gasteiger partial charge in [-0.3, -0.25) is 0 Å². The number of carbonyl (C=O) groups excluding carboxylic acids is 1. The molecular weight excluding hydrogens is 397 g/mol. The number of hydrazine groups is 1. The van der Waals surface area contributed by atoms with Gasteiger partial charge in [0.15, 0.2) is 5.91 Å². The number of aromatic nitrogens is 1. The van der Waals surface area contributed by atoms with Gasteiger partial charge in [-0.15, -0.1) is 30.2 Å². The molecule has 0 spiro atoms. The van der Waals surface area contributed by atoms with E-state index in [2.05, 4.69) is 33.1 Å². The van der Waals surface area contributed by atoms with Gasteiger partial charge in [0.2, 0.25) is 0 Å².